The second-order valence-electron chi connectivity index (χ2n) is 5.93. The SMILES string of the molecule is CCOC(CNc1nc(Nc2ccc(Cl)cc2C)c2nccnc2n1)OCC. The van der Waals surface area contributed by atoms with Crippen molar-refractivity contribution in [1.82, 2.24) is 19.9 Å². The fourth-order valence-electron chi connectivity index (χ4n) is 2.64. The molecule has 0 unspecified atom stereocenters. The molecule has 9 heteroatoms. The summed E-state index contributed by atoms with van der Waals surface area (Å²) >= 11 is 6.05. The minimum Gasteiger partial charge on any atom is -0.351 e. The van der Waals surface area contributed by atoms with Crippen LogP contribution in [0.2, 0.25) is 5.02 Å². The van der Waals surface area contributed by atoms with E-state index in [0.29, 0.717) is 47.7 Å². The zero-order valence-electron chi connectivity index (χ0n) is 16.1. The van der Waals surface area contributed by atoms with E-state index in [1.54, 1.807) is 12.4 Å². The Morgan fingerprint density at radius 1 is 1.07 bits per heavy atom. The van der Waals surface area contributed by atoms with Crippen molar-refractivity contribution in [2.45, 2.75) is 27.1 Å². The van der Waals surface area contributed by atoms with Gasteiger partial charge in [-0.05, 0) is 44.5 Å². The molecule has 0 saturated carbocycles. The van der Waals surface area contributed by atoms with Gasteiger partial charge in [0.25, 0.3) is 0 Å². The van der Waals surface area contributed by atoms with Gasteiger partial charge in [-0.2, -0.15) is 9.97 Å². The van der Waals surface area contributed by atoms with Crippen LogP contribution in [0.4, 0.5) is 17.5 Å². The van der Waals surface area contributed by atoms with Gasteiger partial charge in [-0.25, -0.2) is 9.97 Å². The van der Waals surface area contributed by atoms with Gasteiger partial charge >= 0.3 is 0 Å². The molecule has 0 spiro atoms. The summed E-state index contributed by atoms with van der Waals surface area (Å²) in [5.74, 6) is 0.960. The van der Waals surface area contributed by atoms with Crippen molar-refractivity contribution in [3.8, 4) is 0 Å². The largest absolute Gasteiger partial charge is 0.351 e. The van der Waals surface area contributed by atoms with E-state index in [-0.39, 0.29) is 6.29 Å². The lowest BCUT2D eigenvalue weighted by atomic mass is 10.2. The number of rotatable bonds is 9. The number of aryl methyl sites for hydroxylation is 1. The van der Waals surface area contributed by atoms with Gasteiger partial charge in [-0.15, -0.1) is 0 Å². The van der Waals surface area contributed by atoms with Gasteiger partial charge in [0.1, 0.15) is 0 Å². The maximum absolute atomic E-state index is 6.05. The van der Waals surface area contributed by atoms with Gasteiger partial charge in [-0.3, -0.25) is 0 Å². The summed E-state index contributed by atoms with van der Waals surface area (Å²) < 4.78 is 11.1. The predicted octanol–water partition coefficient (Wildman–Crippen LogP) is 3.94. The van der Waals surface area contributed by atoms with Crippen molar-refractivity contribution < 1.29 is 9.47 Å². The minimum atomic E-state index is -0.383. The van der Waals surface area contributed by atoms with Crippen LogP contribution in [-0.4, -0.2) is 46.0 Å². The molecule has 2 heterocycles. The molecular weight excluding hydrogens is 380 g/mol. The standard InChI is InChI=1S/C19H23ClN6O2/c1-4-27-15(28-5-2)11-23-19-25-17-16(21-8-9-22-17)18(26-19)24-14-7-6-13(20)10-12(14)3/h6-10,15H,4-5,11H2,1-3H3,(H2,22,23,24,25,26). The first-order chi connectivity index (χ1) is 13.6. The molecule has 0 fully saturated rings. The van der Waals surface area contributed by atoms with E-state index in [1.165, 1.54) is 0 Å². The molecule has 28 heavy (non-hydrogen) atoms. The first-order valence-corrected chi connectivity index (χ1v) is 9.47. The summed E-state index contributed by atoms with van der Waals surface area (Å²) in [5.41, 5.74) is 2.93. The zero-order chi connectivity index (χ0) is 19.9. The number of nitrogens with zero attached hydrogens (tertiary/aromatic N) is 4. The summed E-state index contributed by atoms with van der Waals surface area (Å²) in [4.78, 5) is 17.7. The van der Waals surface area contributed by atoms with E-state index < -0.39 is 0 Å². The van der Waals surface area contributed by atoms with Crippen LogP contribution in [-0.2, 0) is 9.47 Å². The summed E-state index contributed by atoms with van der Waals surface area (Å²) in [6.45, 7) is 7.33. The van der Waals surface area contributed by atoms with Crippen LogP contribution in [0.3, 0.4) is 0 Å². The number of benzene rings is 1. The third kappa shape index (κ3) is 5.03. The molecule has 3 aromatic rings. The van der Waals surface area contributed by atoms with Crippen molar-refractivity contribution in [3.63, 3.8) is 0 Å². The topological polar surface area (TPSA) is 94.1 Å². The molecule has 0 atom stereocenters. The Bertz CT molecular complexity index is 933. The number of fused-ring (bicyclic) bond motifs is 1. The lowest BCUT2D eigenvalue weighted by Crippen LogP contribution is -2.27. The Morgan fingerprint density at radius 3 is 2.54 bits per heavy atom. The first-order valence-electron chi connectivity index (χ1n) is 9.09. The Kier molecular flexibility index (Phi) is 6.91. The molecular formula is C19H23ClN6O2. The highest BCUT2D eigenvalue weighted by molar-refractivity contribution is 6.30. The Labute approximate surface area is 168 Å². The van der Waals surface area contributed by atoms with Crippen molar-refractivity contribution in [2.75, 3.05) is 30.4 Å². The van der Waals surface area contributed by atoms with Gasteiger partial charge in [0.05, 0.1) is 6.54 Å². The number of ether oxygens (including phenoxy) is 2. The molecule has 0 aliphatic carbocycles. The number of halogens is 1. The minimum absolute atomic E-state index is 0.383. The quantitative estimate of drug-likeness (QED) is 0.520. The molecule has 0 aliphatic rings. The van der Waals surface area contributed by atoms with E-state index in [1.807, 2.05) is 39.0 Å². The maximum atomic E-state index is 6.05. The molecule has 2 aromatic heterocycles. The van der Waals surface area contributed by atoms with Crippen LogP contribution in [0.25, 0.3) is 11.2 Å². The van der Waals surface area contributed by atoms with E-state index >= 15 is 0 Å². The molecule has 0 radical (unpaired) electrons. The van der Waals surface area contributed by atoms with Gasteiger partial charge in [0.15, 0.2) is 23.3 Å². The van der Waals surface area contributed by atoms with E-state index in [2.05, 4.69) is 30.6 Å². The maximum Gasteiger partial charge on any atom is 0.227 e. The molecule has 0 amide bonds. The highest BCUT2D eigenvalue weighted by Gasteiger charge is 2.13. The number of aromatic nitrogens is 4. The number of hydrogen-bond donors (Lipinski definition) is 2. The van der Waals surface area contributed by atoms with Crippen molar-refractivity contribution in [3.05, 3.63) is 41.2 Å². The van der Waals surface area contributed by atoms with Crippen LogP contribution in [0.1, 0.15) is 19.4 Å². The highest BCUT2D eigenvalue weighted by Crippen LogP contribution is 2.26. The van der Waals surface area contributed by atoms with Crippen molar-refractivity contribution in [1.29, 1.82) is 0 Å². The molecule has 0 saturated heterocycles. The fourth-order valence-corrected chi connectivity index (χ4v) is 2.86. The number of anilines is 3. The second kappa shape index (κ2) is 9.59. The van der Waals surface area contributed by atoms with Crippen LogP contribution in [0.15, 0.2) is 30.6 Å². The normalized spacial score (nSPS) is 11.2. The number of nitrogens with one attached hydrogen (secondary N) is 2. The van der Waals surface area contributed by atoms with E-state index in [9.17, 15) is 0 Å². The third-order valence-corrected chi connectivity index (χ3v) is 4.14. The molecule has 8 nitrogen and oxygen atoms in total. The lowest BCUT2D eigenvalue weighted by Gasteiger charge is -2.18. The van der Waals surface area contributed by atoms with Crippen molar-refractivity contribution in [2.24, 2.45) is 0 Å². The Morgan fingerprint density at radius 2 is 1.82 bits per heavy atom. The summed E-state index contributed by atoms with van der Waals surface area (Å²) in [7, 11) is 0. The smallest absolute Gasteiger partial charge is 0.227 e. The monoisotopic (exact) mass is 402 g/mol. The van der Waals surface area contributed by atoms with E-state index in [4.69, 9.17) is 21.1 Å². The van der Waals surface area contributed by atoms with Gasteiger partial charge in [-0.1, -0.05) is 11.6 Å². The van der Waals surface area contributed by atoms with E-state index in [0.717, 1.165) is 11.3 Å². The molecule has 3 rings (SSSR count). The molecule has 0 bridgehead atoms. The average Bonchev–Trinajstić information content (AvgIpc) is 2.68. The van der Waals surface area contributed by atoms with Crippen LogP contribution in [0.5, 0.6) is 0 Å². The summed E-state index contributed by atoms with van der Waals surface area (Å²) in [6.07, 6.45) is 2.82. The molecule has 0 aliphatic heterocycles. The molecule has 148 valence electrons. The van der Waals surface area contributed by atoms with Crippen LogP contribution >= 0.6 is 11.6 Å². The second-order valence-corrected chi connectivity index (χ2v) is 6.37. The highest BCUT2D eigenvalue weighted by atomic mass is 35.5. The number of hydrogen-bond acceptors (Lipinski definition) is 8. The van der Waals surface area contributed by atoms with Gasteiger partial charge < -0.3 is 20.1 Å². The Balaban J connectivity index is 1.88. The lowest BCUT2D eigenvalue weighted by molar-refractivity contribution is -0.126. The predicted molar refractivity (Wildman–Crippen MR) is 110 cm³/mol. The fraction of sp³-hybridized carbons (Fsp3) is 0.368. The van der Waals surface area contributed by atoms with Gasteiger partial charge in [0.2, 0.25) is 5.95 Å². The zero-order valence-corrected chi connectivity index (χ0v) is 16.8. The third-order valence-electron chi connectivity index (χ3n) is 3.91. The van der Waals surface area contributed by atoms with Crippen LogP contribution < -0.4 is 10.6 Å². The van der Waals surface area contributed by atoms with Crippen LogP contribution in [0, 0.1) is 6.92 Å². The molecule has 2 N–H and O–H groups in total. The Hall–Kier alpha value is -2.55. The average molecular weight is 403 g/mol. The van der Waals surface area contributed by atoms with Gasteiger partial charge in [0, 0.05) is 36.3 Å². The summed E-state index contributed by atoms with van der Waals surface area (Å²) in [6, 6.07) is 5.60. The first kappa shape index (κ1) is 20.2. The summed E-state index contributed by atoms with van der Waals surface area (Å²) in [5, 5.41) is 7.14. The van der Waals surface area contributed by atoms with Crippen molar-refractivity contribution >= 4 is 40.2 Å². The molecule has 1 aromatic carbocycles.